The summed E-state index contributed by atoms with van der Waals surface area (Å²) in [6.45, 7) is 3.81. The number of hydrogen-bond donors (Lipinski definition) is 1. The predicted octanol–water partition coefficient (Wildman–Crippen LogP) is 1.80. The van der Waals surface area contributed by atoms with E-state index in [0.717, 1.165) is 16.4 Å². The zero-order chi connectivity index (χ0) is 19.9. The zero-order valence-electron chi connectivity index (χ0n) is 15.2. The highest BCUT2D eigenvalue weighted by Gasteiger charge is 2.22. The Hall–Kier alpha value is -2.00. The lowest BCUT2D eigenvalue weighted by atomic mass is 10.2. The summed E-state index contributed by atoms with van der Waals surface area (Å²) in [5.74, 6) is -1.82. The number of nitrogens with zero attached hydrogens (tertiary/aromatic N) is 2. The number of benzene rings is 1. The quantitative estimate of drug-likeness (QED) is 0.659. The third kappa shape index (κ3) is 6.72. The van der Waals surface area contributed by atoms with Crippen molar-refractivity contribution in [3.05, 3.63) is 30.1 Å². The van der Waals surface area contributed by atoms with Crippen molar-refractivity contribution in [2.24, 2.45) is 5.92 Å². The minimum absolute atomic E-state index is 0.0277. The number of sulfonamides is 1. The summed E-state index contributed by atoms with van der Waals surface area (Å²) in [5.41, 5.74) is 0. The molecular weight excluding hydrogens is 363 g/mol. The van der Waals surface area contributed by atoms with Crippen molar-refractivity contribution in [2.75, 3.05) is 26.7 Å². The first-order valence-electron chi connectivity index (χ1n) is 8.25. The van der Waals surface area contributed by atoms with E-state index in [1.807, 2.05) is 13.8 Å². The topological polar surface area (TPSA) is 95.0 Å². The van der Waals surface area contributed by atoms with E-state index in [-0.39, 0.29) is 42.7 Å². The number of halogens is 1. The standard InChI is InChI=1S/C17H25FN2O5S/c1-13(2)11-20(12-17(22)23)16(21)5-4-10-19(3)26(24,25)15-8-6-14(18)7-9-15/h6-9,13H,4-5,10-12H2,1-3H3,(H,22,23). The van der Waals surface area contributed by atoms with Gasteiger partial charge in [-0.3, -0.25) is 9.59 Å². The molecule has 26 heavy (non-hydrogen) atoms. The second-order valence-electron chi connectivity index (χ2n) is 6.45. The van der Waals surface area contributed by atoms with Gasteiger partial charge in [0.25, 0.3) is 0 Å². The Morgan fingerprint density at radius 3 is 2.27 bits per heavy atom. The first-order valence-corrected chi connectivity index (χ1v) is 9.69. The van der Waals surface area contributed by atoms with E-state index in [2.05, 4.69) is 0 Å². The molecule has 0 saturated carbocycles. The number of aliphatic carboxylic acids is 1. The molecule has 0 aliphatic carbocycles. The Morgan fingerprint density at radius 2 is 1.77 bits per heavy atom. The SMILES string of the molecule is CC(C)CN(CC(=O)O)C(=O)CCCN(C)S(=O)(=O)c1ccc(F)cc1. The van der Waals surface area contributed by atoms with Crippen molar-refractivity contribution in [1.82, 2.24) is 9.21 Å². The van der Waals surface area contributed by atoms with Crippen LogP contribution in [-0.2, 0) is 19.6 Å². The van der Waals surface area contributed by atoms with Gasteiger partial charge in [0.1, 0.15) is 12.4 Å². The van der Waals surface area contributed by atoms with Gasteiger partial charge in [-0.05, 0) is 36.6 Å². The van der Waals surface area contributed by atoms with E-state index in [9.17, 15) is 22.4 Å². The van der Waals surface area contributed by atoms with Gasteiger partial charge >= 0.3 is 5.97 Å². The zero-order valence-corrected chi connectivity index (χ0v) is 16.0. The summed E-state index contributed by atoms with van der Waals surface area (Å²) in [6, 6.07) is 4.51. The Kier molecular flexibility index (Phi) is 8.16. The molecule has 1 rings (SSSR count). The van der Waals surface area contributed by atoms with Crippen LogP contribution in [0.1, 0.15) is 26.7 Å². The van der Waals surface area contributed by atoms with Crippen molar-refractivity contribution in [3.8, 4) is 0 Å². The molecular formula is C17H25FN2O5S. The van der Waals surface area contributed by atoms with Crippen LogP contribution in [-0.4, -0.2) is 61.3 Å². The average Bonchev–Trinajstić information content (AvgIpc) is 2.53. The molecule has 7 nitrogen and oxygen atoms in total. The molecule has 9 heteroatoms. The number of hydrogen-bond acceptors (Lipinski definition) is 4. The van der Waals surface area contributed by atoms with E-state index in [1.54, 1.807) is 0 Å². The fraction of sp³-hybridized carbons (Fsp3) is 0.529. The van der Waals surface area contributed by atoms with Gasteiger partial charge in [-0.2, -0.15) is 0 Å². The summed E-state index contributed by atoms with van der Waals surface area (Å²) >= 11 is 0. The van der Waals surface area contributed by atoms with Crippen LogP contribution in [0.3, 0.4) is 0 Å². The molecule has 0 atom stereocenters. The van der Waals surface area contributed by atoms with Crippen LogP contribution in [0.15, 0.2) is 29.2 Å². The van der Waals surface area contributed by atoms with Crippen LogP contribution < -0.4 is 0 Å². The van der Waals surface area contributed by atoms with Gasteiger partial charge in [0.05, 0.1) is 4.90 Å². The molecule has 0 spiro atoms. The highest BCUT2D eigenvalue weighted by Crippen LogP contribution is 2.15. The molecule has 1 amide bonds. The molecule has 0 bridgehead atoms. The van der Waals surface area contributed by atoms with Gasteiger partial charge in [0, 0.05) is 26.6 Å². The van der Waals surface area contributed by atoms with Gasteiger partial charge in [0.15, 0.2) is 0 Å². The molecule has 0 aliphatic rings. The third-order valence-corrected chi connectivity index (χ3v) is 5.52. The van der Waals surface area contributed by atoms with Crippen LogP contribution in [0, 0.1) is 11.7 Å². The highest BCUT2D eigenvalue weighted by molar-refractivity contribution is 7.89. The van der Waals surface area contributed by atoms with E-state index in [1.165, 1.54) is 24.1 Å². The molecule has 1 aromatic carbocycles. The first-order chi connectivity index (χ1) is 12.0. The largest absolute Gasteiger partial charge is 0.480 e. The molecule has 1 N–H and O–H groups in total. The predicted molar refractivity (Wildman–Crippen MR) is 94.5 cm³/mol. The summed E-state index contributed by atoms with van der Waals surface area (Å²) in [5, 5.41) is 8.90. The monoisotopic (exact) mass is 388 g/mol. The van der Waals surface area contributed by atoms with Gasteiger partial charge < -0.3 is 10.0 Å². The van der Waals surface area contributed by atoms with Crippen molar-refractivity contribution in [1.29, 1.82) is 0 Å². The Bertz CT molecular complexity index is 719. The normalized spacial score (nSPS) is 11.8. The van der Waals surface area contributed by atoms with Gasteiger partial charge in [-0.1, -0.05) is 13.8 Å². The van der Waals surface area contributed by atoms with Crippen LogP contribution in [0.2, 0.25) is 0 Å². The lowest BCUT2D eigenvalue weighted by molar-refractivity contribution is -0.144. The summed E-state index contributed by atoms with van der Waals surface area (Å²) in [4.78, 5) is 24.3. The van der Waals surface area contributed by atoms with E-state index >= 15 is 0 Å². The summed E-state index contributed by atoms with van der Waals surface area (Å²) in [7, 11) is -2.38. The van der Waals surface area contributed by atoms with Crippen molar-refractivity contribution < 1.29 is 27.5 Å². The van der Waals surface area contributed by atoms with E-state index in [4.69, 9.17) is 5.11 Å². The molecule has 0 radical (unpaired) electrons. The molecule has 0 heterocycles. The molecule has 0 aromatic heterocycles. The maximum atomic E-state index is 12.9. The summed E-state index contributed by atoms with van der Waals surface area (Å²) < 4.78 is 38.8. The second-order valence-corrected chi connectivity index (χ2v) is 8.49. The molecule has 146 valence electrons. The highest BCUT2D eigenvalue weighted by atomic mass is 32.2. The number of carboxylic acid groups (broad SMARTS) is 1. The van der Waals surface area contributed by atoms with Crippen LogP contribution in [0.4, 0.5) is 4.39 Å². The maximum absolute atomic E-state index is 12.9. The third-order valence-electron chi connectivity index (χ3n) is 3.65. The minimum atomic E-state index is -3.76. The van der Waals surface area contributed by atoms with Gasteiger partial charge in [-0.15, -0.1) is 0 Å². The summed E-state index contributed by atoms with van der Waals surface area (Å²) in [6.07, 6.45) is 0.299. The fourth-order valence-electron chi connectivity index (χ4n) is 2.38. The number of carbonyl (C=O) groups excluding carboxylic acids is 1. The lowest BCUT2D eigenvalue weighted by Crippen LogP contribution is -2.38. The minimum Gasteiger partial charge on any atom is -0.480 e. The Morgan fingerprint density at radius 1 is 1.19 bits per heavy atom. The van der Waals surface area contributed by atoms with Crippen LogP contribution in [0.25, 0.3) is 0 Å². The Labute approximate surface area is 153 Å². The molecule has 1 aromatic rings. The average molecular weight is 388 g/mol. The van der Waals surface area contributed by atoms with Crippen molar-refractivity contribution >= 4 is 21.9 Å². The number of carboxylic acids is 1. The molecule has 0 fully saturated rings. The van der Waals surface area contributed by atoms with Crippen molar-refractivity contribution in [3.63, 3.8) is 0 Å². The smallest absolute Gasteiger partial charge is 0.323 e. The van der Waals surface area contributed by atoms with Crippen molar-refractivity contribution in [2.45, 2.75) is 31.6 Å². The fourth-order valence-corrected chi connectivity index (χ4v) is 3.59. The molecule has 0 aliphatic heterocycles. The maximum Gasteiger partial charge on any atom is 0.323 e. The van der Waals surface area contributed by atoms with Crippen LogP contribution in [0.5, 0.6) is 0 Å². The molecule has 0 saturated heterocycles. The Balaban J connectivity index is 2.63. The second kappa shape index (κ2) is 9.63. The van der Waals surface area contributed by atoms with Crippen LogP contribution >= 0.6 is 0 Å². The number of rotatable bonds is 10. The lowest BCUT2D eigenvalue weighted by Gasteiger charge is -2.23. The van der Waals surface area contributed by atoms with E-state index in [0.29, 0.717) is 6.54 Å². The number of carbonyl (C=O) groups is 2. The molecule has 0 unspecified atom stereocenters. The van der Waals surface area contributed by atoms with Gasteiger partial charge in [-0.25, -0.2) is 17.1 Å². The van der Waals surface area contributed by atoms with E-state index < -0.39 is 21.8 Å². The first kappa shape index (κ1) is 22.0. The van der Waals surface area contributed by atoms with Gasteiger partial charge in [0.2, 0.25) is 15.9 Å². The number of amides is 1.